The second kappa shape index (κ2) is 12.8. The van der Waals surface area contributed by atoms with Crippen LogP contribution in [-0.4, -0.2) is 64.2 Å². The number of methoxy groups -OCH3 is 2. The molecular formula is C25H34ClN3O6S. The van der Waals surface area contributed by atoms with Crippen molar-refractivity contribution < 1.29 is 27.5 Å². The van der Waals surface area contributed by atoms with Gasteiger partial charge in [0.1, 0.15) is 12.6 Å². The van der Waals surface area contributed by atoms with Crippen molar-refractivity contribution in [3.8, 4) is 11.5 Å². The molecule has 0 unspecified atom stereocenters. The predicted octanol–water partition coefficient (Wildman–Crippen LogP) is 3.46. The minimum absolute atomic E-state index is 0.0249. The minimum Gasteiger partial charge on any atom is -0.493 e. The number of anilines is 1. The molecule has 2 atom stereocenters. The number of rotatable bonds is 12. The van der Waals surface area contributed by atoms with E-state index >= 15 is 0 Å². The van der Waals surface area contributed by atoms with Gasteiger partial charge in [0, 0.05) is 23.7 Å². The molecule has 36 heavy (non-hydrogen) atoms. The molecule has 2 aromatic rings. The smallest absolute Gasteiger partial charge is 0.244 e. The van der Waals surface area contributed by atoms with Crippen LogP contribution >= 0.6 is 11.6 Å². The largest absolute Gasteiger partial charge is 0.493 e. The van der Waals surface area contributed by atoms with Gasteiger partial charge in [0.05, 0.1) is 26.2 Å². The van der Waals surface area contributed by atoms with Crippen LogP contribution in [0, 0.1) is 0 Å². The van der Waals surface area contributed by atoms with Gasteiger partial charge in [-0.25, -0.2) is 8.42 Å². The summed E-state index contributed by atoms with van der Waals surface area (Å²) in [4.78, 5) is 27.9. The predicted molar refractivity (Wildman–Crippen MR) is 141 cm³/mol. The molecule has 0 saturated heterocycles. The van der Waals surface area contributed by atoms with Gasteiger partial charge in [-0.15, -0.1) is 0 Å². The van der Waals surface area contributed by atoms with Crippen molar-refractivity contribution in [2.75, 3.05) is 31.3 Å². The number of nitrogens with zero attached hydrogens (tertiary/aromatic N) is 2. The molecule has 0 spiro atoms. The molecule has 0 aromatic heterocycles. The Labute approximate surface area is 218 Å². The first-order chi connectivity index (χ1) is 16.9. The highest BCUT2D eigenvalue weighted by atomic mass is 35.5. The van der Waals surface area contributed by atoms with E-state index in [1.54, 1.807) is 37.3 Å². The summed E-state index contributed by atoms with van der Waals surface area (Å²) in [5.74, 6) is -0.189. The zero-order valence-electron chi connectivity index (χ0n) is 21.4. The first-order valence-corrected chi connectivity index (χ1v) is 13.7. The fourth-order valence-corrected chi connectivity index (χ4v) is 4.49. The average molecular weight is 540 g/mol. The van der Waals surface area contributed by atoms with E-state index in [2.05, 4.69) is 5.32 Å². The number of sulfonamides is 1. The Balaban J connectivity index is 2.45. The number of nitrogens with one attached hydrogen (secondary N) is 1. The molecule has 9 nitrogen and oxygen atoms in total. The summed E-state index contributed by atoms with van der Waals surface area (Å²) in [5, 5.41) is 3.31. The van der Waals surface area contributed by atoms with Gasteiger partial charge in [0.2, 0.25) is 21.8 Å². The topological polar surface area (TPSA) is 105 Å². The minimum atomic E-state index is -3.88. The first kappa shape index (κ1) is 29.3. The van der Waals surface area contributed by atoms with Crippen molar-refractivity contribution in [2.24, 2.45) is 0 Å². The summed E-state index contributed by atoms with van der Waals surface area (Å²) >= 11 is 6.33. The normalized spacial score (nSPS) is 12.9. The van der Waals surface area contributed by atoms with Crippen LogP contribution in [0.3, 0.4) is 0 Å². The van der Waals surface area contributed by atoms with Crippen LogP contribution in [0.1, 0.15) is 32.8 Å². The van der Waals surface area contributed by atoms with Gasteiger partial charge in [-0.3, -0.25) is 13.9 Å². The fraction of sp³-hybridized carbons (Fsp3) is 0.440. The monoisotopic (exact) mass is 539 g/mol. The fourth-order valence-electron chi connectivity index (χ4n) is 3.45. The van der Waals surface area contributed by atoms with E-state index < -0.39 is 28.5 Å². The van der Waals surface area contributed by atoms with Crippen LogP contribution in [0.25, 0.3) is 0 Å². The van der Waals surface area contributed by atoms with Crippen LogP contribution in [0.4, 0.5) is 5.69 Å². The van der Waals surface area contributed by atoms with E-state index in [-0.39, 0.29) is 24.2 Å². The number of carbonyl (C=O) groups is 2. The van der Waals surface area contributed by atoms with Crippen molar-refractivity contribution in [3.05, 3.63) is 53.1 Å². The quantitative estimate of drug-likeness (QED) is 0.443. The summed E-state index contributed by atoms with van der Waals surface area (Å²) in [6.45, 7) is 4.91. The van der Waals surface area contributed by atoms with Crippen LogP contribution in [0.15, 0.2) is 42.5 Å². The molecule has 0 radical (unpaired) electrons. The number of hydrogen-bond donors (Lipinski definition) is 1. The van der Waals surface area contributed by atoms with E-state index in [1.165, 1.54) is 31.3 Å². The van der Waals surface area contributed by atoms with Crippen LogP contribution in [0.5, 0.6) is 11.5 Å². The maximum Gasteiger partial charge on any atom is 0.244 e. The molecule has 2 amide bonds. The Morgan fingerprint density at radius 2 is 1.69 bits per heavy atom. The average Bonchev–Trinajstić information content (AvgIpc) is 2.84. The molecule has 0 bridgehead atoms. The molecule has 0 saturated carbocycles. The maximum absolute atomic E-state index is 13.6. The third-order valence-electron chi connectivity index (χ3n) is 5.80. The third-order valence-corrected chi connectivity index (χ3v) is 7.31. The number of hydrogen-bond acceptors (Lipinski definition) is 6. The van der Waals surface area contributed by atoms with E-state index in [1.807, 2.05) is 13.8 Å². The molecular weight excluding hydrogens is 506 g/mol. The van der Waals surface area contributed by atoms with Crippen molar-refractivity contribution >= 4 is 39.1 Å². The summed E-state index contributed by atoms with van der Waals surface area (Å²) in [6, 6.07) is 10.6. The lowest BCUT2D eigenvalue weighted by Gasteiger charge is -2.32. The summed E-state index contributed by atoms with van der Waals surface area (Å²) < 4.78 is 36.9. The van der Waals surface area contributed by atoms with Crippen LogP contribution < -0.4 is 19.1 Å². The molecule has 11 heteroatoms. The molecule has 0 fully saturated rings. The molecule has 1 N–H and O–H groups in total. The Morgan fingerprint density at radius 3 is 2.25 bits per heavy atom. The summed E-state index contributed by atoms with van der Waals surface area (Å²) in [6.07, 6.45) is 1.73. The lowest BCUT2D eigenvalue weighted by Crippen LogP contribution is -2.52. The molecule has 0 heterocycles. The van der Waals surface area contributed by atoms with Crippen LogP contribution in [0.2, 0.25) is 5.02 Å². The van der Waals surface area contributed by atoms with Crippen molar-refractivity contribution in [2.45, 2.75) is 45.8 Å². The van der Waals surface area contributed by atoms with E-state index in [0.717, 1.165) is 17.0 Å². The van der Waals surface area contributed by atoms with Crippen molar-refractivity contribution in [1.82, 2.24) is 10.2 Å². The second-order valence-corrected chi connectivity index (χ2v) is 10.7. The van der Waals surface area contributed by atoms with Crippen molar-refractivity contribution in [3.63, 3.8) is 0 Å². The third kappa shape index (κ3) is 7.51. The Hall–Kier alpha value is -2.98. The Morgan fingerprint density at radius 1 is 1.06 bits per heavy atom. The summed E-state index contributed by atoms with van der Waals surface area (Å²) in [7, 11) is -0.981. The van der Waals surface area contributed by atoms with Gasteiger partial charge in [-0.1, -0.05) is 36.7 Å². The second-order valence-electron chi connectivity index (χ2n) is 8.42. The number of benzene rings is 2. The number of halogens is 1. The standard InChI is InChI=1S/C25H34ClN3O6S/c1-7-17(2)27-25(31)18(3)28(15-19-10-8-9-11-21(19)26)24(30)16-29(36(6,32)33)20-12-13-22(34-4)23(14-20)35-5/h8-14,17-18H,7,15-16H2,1-6H3,(H,27,31)/t17-,18+/m0/s1. The Kier molecular flexibility index (Phi) is 10.4. The van der Waals surface area contributed by atoms with E-state index in [9.17, 15) is 18.0 Å². The van der Waals surface area contributed by atoms with Gasteiger partial charge in [0.25, 0.3) is 0 Å². The van der Waals surface area contributed by atoms with Crippen LogP contribution in [-0.2, 0) is 26.2 Å². The van der Waals surface area contributed by atoms with Gasteiger partial charge < -0.3 is 19.7 Å². The van der Waals surface area contributed by atoms with E-state index in [0.29, 0.717) is 22.1 Å². The number of carbonyl (C=O) groups excluding carboxylic acids is 2. The maximum atomic E-state index is 13.6. The SMILES string of the molecule is CC[C@H](C)NC(=O)[C@@H](C)N(Cc1ccccc1Cl)C(=O)CN(c1ccc(OC)c(OC)c1)S(C)(=O)=O. The van der Waals surface area contributed by atoms with Gasteiger partial charge in [0.15, 0.2) is 11.5 Å². The lowest BCUT2D eigenvalue weighted by molar-refractivity contribution is -0.139. The highest BCUT2D eigenvalue weighted by molar-refractivity contribution is 7.92. The molecule has 2 aromatic carbocycles. The number of ether oxygens (including phenoxy) is 2. The van der Waals surface area contributed by atoms with Gasteiger partial charge in [-0.2, -0.15) is 0 Å². The number of amides is 2. The molecule has 198 valence electrons. The van der Waals surface area contributed by atoms with Crippen molar-refractivity contribution in [1.29, 1.82) is 0 Å². The zero-order valence-corrected chi connectivity index (χ0v) is 23.0. The lowest BCUT2D eigenvalue weighted by atomic mass is 10.1. The highest BCUT2D eigenvalue weighted by Gasteiger charge is 2.31. The zero-order chi connectivity index (χ0) is 27.0. The molecule has 0 aliphatic heterocycles. The molecule has 0 aliphatic rings. The van der Waals surface area contributed by atoms with E-state index in [4.69, 9.17) is 21.1 Å². The van der Waals surface area contributed by atoms with Gasteiger partial charge in [-0.05, 0) is 44.0 Å². The molecule has 2 rings (SSSR count). The van der Waals surface area contributed by atoms with Gasteiger partial charge >= 0.3 is 0 Å². The Bertz CT molecular complexity index is 1170. The molecule has 0 aliphatic carbocycles. The first-order valence-electron chi connectivity index (χ1n) is 11.5. The highest BCUT2D eigenvalue weighted by Crippen LogP contribution is 2.32. The summed E-state index contributed by atoms with van der Waals surface area (Å²) in [5.41, 5.74) is 0.852.